The van der Waals surface area contributed by atoms with E-state index in [-0.39, 0.29) is 0 Å². The highest BCUT2D eigenvalue weighted by Gasteiger charge is 2.23. The third-order valence-corrected chi connectivity index (χ3v) is 4.73. The van der Waals surface area contributed by atoms with Gasteiger partial charge < -0.3 is 5.32 Å². The van der Waals surface area contributed by atoms with Gasteiger partial charge in [-0.2, -0.15) is 0 Å². The highest BCUT2D eigenvalue weighted by atomic mass is 15.2. The monoisotopic (exact) mass is 361 g/mol. The molecule has 138 valence electrons. The van der Waals surface area contributed by atoms with E-state index in [0.717, 1.165) is 49.6 Å². The molecule has 27 heavy (non-hydrogen) atoms. The number of rotatable bonds is 5. The SMILES string of the molecule is Cc1cccc(CN2CCCC(c3cnc(Nc4ncccn4)cn3)C2)n1. The maximum absolute atomic E-state index is 4.63. The summed E-state index contributed by atoms with van der Waals surface area (Å²) < 4.78 is 0. The van der Waals surface area contributed by atoms with Gasteiger partial charge >= 0.3 is 0 Å². The van der Waals surface area contributed by atoms with Crippen molar-refractivity contribution in [3.05, 3.63) is 66.1 Å². The molecule has 1 aliphatic rings. The Morgan fingerprint density at radius 3 is 2.74 bits per heavy atom. The number of likely N-dealkylation sites (tertiary alicyclic amines) is 1. The molecule has 0 aliphatic carbocycles. The van der Waals surface area contributed by atoms with Crippen LogP contribution in [0.15, 0.2) is 49.1 Å². The summed E-state index contributed by atoms with van der Waals surface area (Å²) in [6.45, 7) is 5.01. The number of hydrogen-bond acceptors (Lipinski definition) is 7. The second-order valence-electron chi connectivity index (χ2n) is 6.87. The minimum absolute atomic E-state index is 0.401. The fourth-order valence-electron chi connectivity index (χ4n) is 3.45. The maximum atomic E-state index is 4.63. The Morgan fingerprint density at radius 2 is 1.96 bits per heavy atom. The number of piperidine rings is 1. The lowest BCUT2D eigenvalue weighted by Gasteiger charge is -2.32. The smallest absolute Gasteiger partial charge is 0.228 e. The molecule has 1 saturated heterocycles. The van der Waals surface area contributed by atoms with Crippen molar-refractivity contribution in [3.63, 3.8) is 0 Å². The first kappa shape index (κ1) is 17.5. The van der Waals surface area contributed by atoms with Crippen molar-refractivity contribution < 1.29 is 0 Å². The first-order valence-corrected chi connectivity index (χ1v) is 9.27. The molecular formula is C20H23N7. The third-order valence-electron chi connectivity index (χ3n) is 4.73. The zero-order chi connectivity index (χ0) is 18.5. The fraction of sp³-hybridized carbons (Fsp3) is 0.350. The van der Waals surface area contributed by atoms with E-state index in [1.165, 1.54) is 0 Å². The largest absolute Gasteiger partial charge is 0.307 e. The molecule has 0 radical (unpaired) electrons. The summed E-state index contributed by atoms with van der Waals surface area (Å²) in [6, 6.07) is 7.99. The summed E-state index contributed by atoms with van der Waals surface area (Å²) in [5.41, 5.74) is 3.23. The van der Waals surface area contributed by atoms with E-state index in [1.807, 2.05) is 19.2 Å². The number of anilines is 2. The van der Waals surface area contributed by atoms with Crippen LogP contribution in [0.5, 0.6) is 0 Å². The van der Waals surface area contributed by atoms with Crippen LogP contribution in [0.4, 0.5) is 11.8 Å². The molecule has 7 heteroatoms. The van der Waals surface area contributed by atoms with E-state index in [0.29, 0.717) is 17.7 Å². The minimum Gasteiger partial charge on any atom is -0.307 e. The van der Waals surface area contributed by atoms with Crippen LogP contribution in [0.1, 0.15) is 35.8 Å². The Kier molecular flexibility index (Phi) is 5.29. The number of nitrogens with zero attached hydrogens (tertiary/aromatic N) is 6. The van der Waals surface area contributed by atoms with Crippen molar-refractivity contribution >= 4 is 11.8 Å². The predicted molar refractivity (Wildman–Crippen MR) is 104 cm³/mol. The van der Waals surface area contributed by atoms with Crippen LogP contribution in [0.25, 0.3) is 0 Å². The van der Waals surface area contributed by atoms with Gasteiger partial charge in [0.2, 0.25) is 5.95 Å². The number of aryl methyl sites for hydroxylation is 1. The van der Waals surface area contributed by atoms with Gasteiger partial charge in [-0.05, 0) is 44.5 Å². The Hall–Kier alpha value is -2.93. The first-order valence-electron chi connectivity index (χ1n) is 9.27. The topological polar surface area (TPSA) is 79.7 Å². The molecule has 1 fully saturated rings. The molecule has 1 atom stereocenters. The Bertz CT molecular complexity index is 867. The highest BCUT2D eigenvalue weighted by Crippen LogP contribution is 2.26. The normalized spacial score (nSPS) is 17.6. The van der Waals surface area contributed by atoms with Crippen molar-refractivity contribution in [3.8, 4) is 0 Å². The maximum Gasteiger partial charge on any atom is 0.228 e. The van der Waals surface area contributed by atoms with E-state index in [9.17, 15) is 0 Å². The minimum atomic E-state index is 0.401. The van der Waals surface area contributed by atoms with Crippen LogP contribution in [0.3, 0.4) is 0 Å². The summed E-state index contributed by atoms with van der Waals surface area (Å²) in [4.78, 5) is 24.5. The summed E-state index contributed by atoms with van der Waals surface area (Å²) in [6.07, 6.45) is 9.31. The van der Waals surface area contributed by atoms with Gasteiger partial charge in [0.15, 0.2) is 5.82 Å². The standard InChI is InChI=1S/C20H23N7/c1-15-5-2-7-17(25-15)14-27-10-3-6-16(13-27)18-11-24-19(12-23-18)26-20-21-8-4-9-22-20/h2,4-5,7-9,11-12,16H,3,6,10,13-14H2,1H3,(H,21,22,24,26). The molecule has 4 rings (SSSR count). The van der Waals surface area contributed by atoms with E-state index < -0.39 is 0 Å². The molecule has 1 N–H and O–H groups in total. The molecule has 1 aliphatic heterocycles. The zero-order valence-corrected chi connectivity index (χ0v) is 15.4. The van der Waals surface area contributed by atoms with Gasteiger partial charge in [0.25, 0.3) is 0 Å². The average Bonchev–Trinajstić information content (AvgIpc) is 2.70. The average molecular weight is 361 g/mol. The highest BCUT2D eigenvalue weighted by molar-refractivity contribution is 5.45. The lowest BCUT2D eigenvalue weighted by molar-refractivity contribution is 0.196. The molecule has 4 heterocycles. The Morgan fingerprint density at radius 1 is 1.07 bits per heavy atom. The van der Waals surface area contributed by atoms with Gasteiger partial charge in [-0.3, -0.25) is 14.9 Å². The summed E-state index contributed by atoms with van der Waals surface area (Å²) in [5, 5.41) is 3.07. The molecule has 7 nitrogen and oxygen atoms in total. The molecule has 0 amide bonds. The quantitative estimate of drug-likeness (QED) is 0.748. The molecule has 1 unspecified atom stereocenters. The molecule has 0 bridgehead atoms. The van der Waals surface area contributed by atoms with Gasteiger partial charge in [-0.1, -0.05) is 6.07 Å². The van der Waals surface area contributed by atoms with Gasteiger partial charge in [-0.25, -0.2) is 15.0 Å². The van der Waals surface area contributed by atoms with E-state index in [1.54, 1.807) is 24.7 Å². The lowest BCUT2D eigenvalue weighted by Crippen LogP contribution is -2.34. The fourth-order valence-corrected chi connectivity index (χ4v) is 3.45. The number of hydrogen-bond donors (Lipinski definition) is 1. The van der Waals surface area contributed by atoms with Crippen LogP contribution < -0.4 is 5.32 Å². The molecular weight excluding hydrogens is 338 g/mol. The van der Waals surface area contributed by atoms with E-state index >= 15 is 0 Å². The van der Waals surface area contributed by atoms with Crippen molar-refractivity contribution in [1.29, 1.82) is 0 Å². The zero-order valence-electron chi connectivity index (χ0n) is 15.4. The second kappa shape index (κ2) is 8.18. The van der Waals surface area contributed by atoms with Crippen molar-refractivity contribution in [2.45, 2.75) is 32.2 Å². The van der Waals surface area contributed by atoms with E-state index in [4.69, 9.17) is 0 Å². The molecule has 0 aromatic carbocycles. The first-order chi connectivity index (χ1) is 13.3. The summed E-state index contributed by atoms with van der Waals surface area (Å²) in [5.74, 6) is 1.58. The van der Waals surface area contributed by atoms with E-state index in [2.05, 4.69) is 47.3 Å². The lowest BCUT2D eigenvalue weighted by atomic mass is 9.95. The van der Waals surface area contributed by atoms with Gasteiger partial charge in [0.1, 0.15) is 0 Å². The number of aromatic nitrogens is 5. The van der Waals surface area contributed by atoms with Crippen LogP contribution in [0, 0.1) is 6.92 Å². The number of nitrogens with one attached hydrogen (secondary N) is 1. The molecule has 0 saturated carbocycles. The van der Waals surface area contributed by atoms with Crippen molar-refractivity contribution in [2.75, 3.05) is 18.4 Å². The van der Waals surface area contributed by atoms with Crippen LogP contribution in [-0.2, 0) is 6.54 Å². The summed E-state index contributed by atoms with van der Waals surface area (Å²) >= 11 is 0. The molecule has 3 aromatic rings. The molecule has 3 aromatic heterocycles. The van der Waals surface area contributed by atoms with Gasteiger partial charge in [-0.15, -0.1) is 0 Å². The second-order valence-corrected chi connectivity index (χ2v) is 6.87. The predicted octanol–water partition coefficient (Wildman–Crippen LogP) is 3.09. The molecule has 0 spiro atoms. The van der Waals surface area contributed by atoms with Gasteiger partial charge in [0, 0.05) is 37.1 Å². The Labute approximate surface area is 159 Å². The number of pyridine rings is 1. The Balaban J connectivity index is 1.39. The van der Waals surface area contributed by atoms with Crippen molar-refractivity contribution in [2.24, 2.45) is 0 Å². The summed E-state index contributed by atoms with van der Waals surface area (Å²) in [7, 11) is 0. The van der Waals surface area contributed by atoms with Crippen LogP contribution in [0.2, 0.25) is 0 Å². The van der Waals surface area contributed by atoms with Crippen molar-refractivity contribution in [1.82, 2.24) is 29.8 Å². The van der Waals surface area contributed by atoms with Crippen LogP contribution in [-0.4, -0.2) is 42.9 Å². The van der Waals surface area contributed by atoms with Crippen LogP contribution >= 0.6 is 0 Å². The van der Waals surface area contributed by atoms with Gasteiger partial charge in [0.05, 0.1) is 23.8 Å². The third kappa shape index (κ3) is 4.62.